The maximum atomic E-state index is 11.4. The highest BCUT2D eigenvalue weighted by molar-refractivity contribution is 8.00. The second kappa shape index (κ2) is 10.5. The van der Waals surface area contributed by atoms with E-state index in [2.05, 4.69) is 14.8 Å². The number of nitrogens with zero attached hydrogens (tertiary/aromatic N) is 4. The molecule has 0 saturated heterocycles. The third kappa shape index (κ3) is 6.20. The first-order valence-electron chi connectivity index (χ1n) is 9.93. The van der Waals surface area contributed by atoms with Crippen LogP contribution in [-0.2, 0) is 16.4 Å². The number of hydrogen-bond acceptors (Lipinski definition) is 8. The summed E-state index contributed by atoms with van der Waals surface area (Å²) in [6, 6.07) is 11.7. The van der Waals surface area contributed by atoms with Crippen molar-refractivity contribution < 1.29 is 8.42 Å². The van der Waals surface area contributed by atoms with Gasteiger partial charge in [-0.05, 0) is 48.2 Å². The Labute approximate surface area is 204 Å². The fraction of sp³-hybridized carbons (Fsp3) is 0.286. The Balaban J connectivity index is 1.50. The lowest BCUT2D eigenvalue weighted by Gasteiger charge is -2.08. The van der Waals surface area contributed by atoms with Crippen molar-refractivity contribution in [3.8, 4) is 22.0 Å². The Morgan fingerprint density at radius 3 is 2.59 bits per heavy atom. The molecule has 4 aromatic rings. The first-order valence-corrected chi connectivity index (χ1v) is 14.9. The van der Waals surface area contributed by atoms with Gasteiger partial charge in [-0.25, -0.2) is 13.4 Å². The molecule has 0 N–H and O–H groups in total. The second-order valence-electron chi connectivity index (χ2n) is 7.23. The van der Waals surface area contributed by atoms with Crippen LogP contribution in [0.25, 0.3) is 22.0 Å². The van der Waals surface area contributed by atoms with Gasteiger partial charge in [0.15, 0.2) is 15.3 Å². The average molecular weight is 525 g/mol. The van der Waals surface area contributed by atoms with Crippen LogP contribution in [0, 0.1) is 0 Å². The molecule has 1 aromatic carbocycles. The number of rotatable bonds is 10. The van der Waals surface area contributed by atoms with Gasteiger partial charge >= 0.3 is 0 Å². The lowest BCUT2D eigenvalue weighted by molar-refractivity contribution is 0.563. The molecule has 0 aliphatic heterocycles. The van der Waals surface area contributed by atoms with Crippen molar-refractivity contribution in [1.82, 2.24) is 19.7 Å². The summed E-state index contributed by atoms with van der Waals surface area (Å²) >= 11 is 10.7. The summed E-state index contributed by atoms with van der Waals surface area (Å²) in [6.07, 6.45) is 3.63. The maximum Gasteiger partial charge on any atom is 0.198 e. The standard InChI is InChI=1S/C21H21ClN4O2S4/c1-32(27,28)13-4-2-3-11-26-19(18-6-5-12-29-18)24-25-20(26)31-21-23-17(14-30-21)15-7-9-16(22)10-8-15/h5-10,12,14H,2-4,11,13H2,1H3. The van der Waals surface area contributed by atoms with Crippen molar-refractivity contribution >= 4 is 55.9 Å². The van der Waals surface area contributed by atoms with E-state index in [1.54, 1.807) is 22.7 Å². The fourth-order valence-corrected chi connectivity index (χ4v) is 6.45. The predicted molar refractivity (Wildman–Crippen MR) is 134 cm³/mol. The van der Waals surface area contributed by atoms with E-state index in [9.17, 15) is 8.42 Å². The molecule has 0 fully saturated rings. The van der Waals surface area contributed by atoms with Crippen molar-refractivity contribution in [2.75, 3.05) is 12.0 Å². The number of aromatic nitrogens is 4. The summed E-state index contributed by atoms with van der Waals surface area (Å²) in [5.74, 6) is 1.06. The molecule has 4 rings (SSSR count). The van der Waals surface area contributed by atoms with Crippen LogP contribution in [-0.4, -0.2) is 40.2 Å². The van der Waals surface area contributed by atoms with Gasteiger partial charge in [-0.3, -0.25) is 0 Å². The lowest BCUT2D eigenvalue weighted by Crippen LogP contribution is -2.05. The van der Waals surface area contributed by atoms with E-state index in [4.69, 9.17) is 16.6 Å². The molecule has 3 heterocycles. The maximum absolute atomic E-state index is 11.4. The zero-order valence-electron chi connectivity index (χ0n) is 17.3. The van der Waals surface area contributed by atoms with Crippen molar-refractivity contribution in [1.29, 1.82) is 0 Å². The number of thiophene rings is 1. The molecule has 11 heteroatoms. The van der Waals surface area contributed by atoms with Gasteiger partial charge in [0, 0.05) is 34.5 Å². The number of unbranched alkanes of at least 4 members (excludes halogenated alkanes) is 2. The van der Waals surface area contributed by atoms with Gasteiger partial charge in [0.25, 0.3) is 0 Å². The smallest absolute Gasteiger partial charge is 0.198 e. The van der Waals surface area contributed by atoms with Crippen molar-refractivity contribution in [2.45, 2.75) is 35.3 Å². The Morgan fingerprint density at radius 2 is 1.88 bits per heavy atom. The van der Waals surface area contributed by atoms with Crippen molar-refractivity contribution in [3.05, 3.63) is 52.2 Å². The molecule has 0 saturated carbocycles. The second-order valence-corrected chi connectivity index (χ2v) is 12.9. The van der Waals surface area contributed by atoms with E-state index >= 15 is 0 Å². The summed E-state index contributed by atoms with van der Waals surface area (Å²) in [5, 5.41) is 14.4. The zero-order chi connectivity index (χ0) is 22.6. The van der Waals surface area contributed by atoms with E-state index in [1.165, 1.54) is 18.0 Å². The fourth-order valence-electron chi connectivity index (χ4n) is 3.10. The first kappa shape index (κ1) is 23.4. The molecule has 0 spiro atoms. The number of halogens is 1. The minimum atomic E-state index is -2.92. The Kier molecular flexibility index (Phi) is 7.67. The number of sulfone groups is 1. The van der Waals surface area contributed by atoms with Crippen LogP contribution in [0.3, 0.4) is 0 Å². The lowest BCUT2D eigenvalue weighted by atomic mass is 10.2. The van der Waals surface area contributed by atoms with Gasteiger partial charge < -0.3 is 4.57 Å². The van der Waals surface area contributed by atoms with Crippen molar-refractivity contribution in [2.24, 2.45) is 0 Å². The van der Waals surface area contributed by atoms with Crippen LogP contribution in [0.4, 0.5) is 0 Å². The number of thiazole rings is 1. The van der Waals surface area contributed by atoms with E-state index in [0.717, 1.165) is 50.8 Å². The van der Waals surface area contributed by atoms with Crippen LogP contribution in [0.15, 0.2) is 56.7 Å². The van der Waals surface area contributed by atoms with E-state index in [1.807, 2.05) is 47.2 Å². The van der Waals surface area contributed by atoms with Gasteiger partial charge in [0.1, 0.15) is 9.84 Å². The molecule has 0 bridgehead atoms. The topological polar surface area (TPSA) is 77.7 Å². The molecule has 0 unspecified atom stereocenters. The van der Waals surface area contributed by atoms with E-state index < -0.39 is 9.84 Å². The molecule has 6 nitrogen and oxygen atoms in total. The van der Waals surface area contributed by atoms with E-state index in [0.29, 0.717) is 11.4 Å². The van der Waals surface area contributed by atoms with E-state index in [-0.39, 0.29) is 5.75 Å². The molecular formula is C21H21ClN4O2S4. The summed E-state index contributed by atoms with van der Waals surface area (Å²) in [4.78, 5) is 5.81. The monoisotopic (exact) mass is 524 g/mol. The minimum absolute atomic E-state index is 0.223. The molecule has 0 aliphatic rings. The van der Waals surface area contributed by atoms with Crippen LogP contribution in [0.1, 0.15) is 19.3 Å². The van der Waals surface area contributed by atoms with Crippen LogP contribution in [0.2, 0.25) is 5.02 Å². The molecule has 0 atom stereocenters. The average Bonchev–Trinajstić information content (AvgIpc) is 3.49. The molecule has 0 radical (unpaired) electrons. The highest BCUT2D eigenvalue weighted by Crippen LogP contribution is 2.35. The molecule has 0 amide bonds. The zero-order valence-corrected chi connectivity index (χ0v) is 21.3. The molecule has 0 aliphatic carbocycles. The van der Waals surface area contributed by atoms with Crippen LogP contribution < -0.4 is 0 Å². The quantitative estimate of drug-likeness (QED) is 0.231. The van der Waals surface area contributed by atoms with Gasteiger partial charge in [-0.15, -0.1) is 32.9 Å². The first-order chi connectivity index (χ1) is 15.4. The number of hydrogen-bond donors (Lipinski definition) is 0. The third-order valence-corrected chi connectivity index (χ3v) is 8.73. The Morgan fingerprint density at radius 1 is 1.06 bits per heavy atom. The summed E-state index contributed by atoms with van der Waals surface area (Å²) in [5.41, 5.74) is 1.92. The predicted octanol–water partition coefficient (Wildman–Crippen LogP) is 6.15. The Hall–Kier alpha value is -1.72. The molecular weight excluding hydrogens is 504 g/mol. The SMILES string of the molecule is CS(=O)(=O)CCCCCn1c(Sc2nc(-c3ccc(Cl)cc3)cs2)nnc1-c1cccs1. The molecule has 32 heavy (non-hydrogen) atoms. The highest BCUT2D eigenvalue weighted by Gasteiger charge is 2.17. The van der Waals surface area contributed by atoms with Crippen molar-refractivity contribution in [3.63, 3.8) is 0 Å². The normalized spacial score (nSPS) is 11.8. The van der Waals surface area contributed by atoms with Gasteiger partial charge in [-0.2, -0.15) is 0 Å². The molecule has 3 aromatic heterocycles. The Bertz CT molecular complexity index is 1270. The van der Waals surface area contributed by atoms with Crippen LogP contribution in [0.5, 0.6) is 0 Å². The van der Waals surface area contributed by atoms with Gasteiger partial charge in [0.05, 0.1) is 10.6 Å². The third-order valence-electron chi connectivity index (χ3n) is 4.66. The van der Waals surface area contributed by atoms with Gasteiger partial charge in [0.2, 0.25) is 0 Å². The minimum Gasteiger partial charge on any atom is -0.301 e. The summed E-state index contributed by atoms with van der Waals surface area (Å²) in [6.45, 7) is 0.724. The van der Waals surface area contributed by atoms with Gasteiger partial charge in [-0.1, -0.05) is 36.2 Å². The summed E-state index contributed by atoms with van der Waals surface area (Å²) < 4.78 is 25.7. The highest BCUT2D eigenvalue weighted by atomic mass is 35.5. The summed E-state index contributed by atoms with van der Waals surface area (Å²) in [7, 11) is -2.92. The number of benzene rings is 1. The molecule has 168 valence electrons. The van der Waals surface area contributed by atoms with Crippen LogP contribution >= 0.6 is 46.0 Å². The largest absolute Gasteiger partial charge is 0.301 e.